The van der Waals surface area contributed by atoms with Crippen molar-refractivity contribution in [1.29, 1.82) is 0 Å². The number of rotatable bonds is 5. The molecule has 1 aliphatic rings. The van der Waals surface area contributed by atoms with Gasteiger partial charge in [0.2, 0.25) is 5.91 Å². The summed E-state index contributed by atoms with van der Waals surface area (Å²) in [5.74, 6) is -1.87. The number of halogens is 4. The molecule has 2 aromatic carbocycles. The smallest absolute Gasteiger partial charge is 0.368 e. The summed E-state index contributed by atoms with van der Waals surface area (Å²) in [4.78, 5) is 28.9. The molecule has 2 aromatic rings. The van der Waals surface area contributed by atoms with Crippen LogP contribution in [-0.2, 0) is 11.0 Å². The molecule has 172 valence electrons. The lowest BCUT2D eigenvalue weighted by atomic mass is 10.0. The summed E-state index contributed by atoms with van der Waals surface area (Å²) < 4.78 is 52.9. The van der Waals surface area contributed by atoms with Crippen LogP contribution in [0.25, 0.3) is 0 Å². The van der Waals surface area contributed by atoms with Gasteiger partial charge < -0.3 is 15.1 Å². The van der Waals surface area contributed by atoms with E-state index in [1.54, 1.807) is 29.7 Å². The Morgan fingerprint density at radius 1 is 0.969 bits per heavy atom. The highest BCUT2D eigenvalue weighted by Crippen LogP contribution is 2.32. The number of anilines is 1. The molecule has 0 bridgehead atoms. The summed E-state index contributed by atoms with van der Waals surface area (Å²) in [6, 6.07) is 9.79. The fourth-order valence-corrected chi connectivity index (χ4v) is 3.64. The number of nitrogens with one attached hydrogen (secondary N) is 1. The first-order valence-corrected chi connectivity index (χ1v) is 10.3. The molecule has 5 nitrogen and oxygen atoms in total. The van der Waals surface area contributed by atoms with Crippen molar-refractivity contribution < 1.29 is 27.2 Å². The first kappa shape index (κ1) is 23.6. The minimum absolute atomic E-state index is 0.139. The molecule has 0 saturated carbocycles. The second-order valence-corrected chi connectivity index (χ2v) is 8.04. The molecular formula is C23H25F4N3O2. The predicted molar refractivity (Wildman–Crippen MR) is 113 cm³/mol. The van der Waals surface area contributed by atoms with Crippen molar-refractivity contribution >= 4 is 17.5 Å². The third kappa shape index (κ3) is 5.38. The van der Waals surface area contributed by atoms with Crippen molar-refractivity contribution in [3.63, 3.8) is 0 Å². The van der Waals surface area contributed by atoms with E-state index in [1.165, 1.54) is 30.3 Å². The Bertz CT molecular complexity index is 970. The molecule has 1 saturated heterocycles. The van der Waals surface area contributed by atoms with Crippen LogP contribution in [0.3, 0.4) is 0 Å². The van der Waals surface area contributed by atoms with Crippen LogP contribution in [0, 0.1) is 11.7 Å². The van der Waals surface area contributed by atoms with Crippen LogP contribution in [0.4, 0.5) is 23.2 Å². The van der Waals surface area contributed by atoms with Crippen molar-refractivity contribution in [2.75, 3.05) is 31.1 Å². The lowest BCUT2D eigenvalue weighted by Gasteiger charge is -2.38. The van der Waals surface area contributed by atoms with Crippen molar-refractivity contribution in [1.82, 2.24) is 10.2 Å². The Hall–Kier alpha value is -3.10. The number of carbonyl (C=O) groups is 2. The van der Waals surface area contributed by atoms with Gasteiger partial charge in [-0.3, -0.25) is 9.59 Å². The maximum absolute atomic E-state index is 13.9. The van der Waals surface area contributed by atoms with Crippen LogP contribution in [0.1, 0.15) is 29.8 Å². The molecule has 1 atom stereocenters. The molecule has 9 heteroatoms. The Morgan fingerprint density at radius 3 is 2.22 bits per heavy atom. The maximum Gasteiger partial charge on any atom is 0.416 e. The monoisotopic (exact) mass is 451 g/mol. The van der Waals surface area contributed by atoms with Crippen LogP contribution in [0.5, 0.6) is 0 Å². The second-order valence-electron chi connectivity index (χ2n) is 8.04. The van der Waals surface area contributed by atoms with Crippen molar-refractivity contribution in [3.8, 4) is 0 Å². The highest BCUT2D eigenvalue weighted by Gasteiger charge is 2.33. The fraction of sp³-hybridized carbons (Fsp3) is 0.391. The van der Waals surface area contributed by atoms with Gasteiger partial charge in [0.15, 0.2) is 0 Å². The summed E-state index contributed by atoms with van der Waals surface area (Å²) in [5.41, 5.74) is -0.412. The van der Waals surface area contributed by atoms with Gasteiger partial charge in [-0.25, -0.2) is 4.39 Å². The largest absolute Gasteiger partial charge is 0.416 e. The zero-order valence-corrected chi connectivity index (χ0v) is 17.8. The molecule has 32 heavy (non-hydrogen) atoms. The average Bonchev–Trinajstić information content (AvgIpc) is 2.76. The van der Waals surface area contributed by atoms with E-state index in [-0.39, 0.29) is 17.4 Å². The first-order chi connectivity index (χ1) is 15.1. The molecule has 1 fully saturated rings. The standard InChI is InChI=1S/C23H25F4N3O2/c1-15(2)20(28-21(31)18-8-3-4-9-19(18)24)22(32)30-12-10-29(11-13-30)17-7-5-6-16(14-17)23(25,26)27/h3-9,14-15,20H,10-13H2,1-2H3,(H,28,31). The van der Waals surface area contributed by atoms with Gasteiger partial charge in [-0.15, -0.1) is 0 Å². The molecule has 1 unspecified atom stereocenters. The van der Waals surface area contributed by atoms with E-state index in [0.29, 0.717) is 31.9 Å². The van der Waals surface area contributed by atoms with Crippen LogP contribution < -0.4 is 10.2 Å². The van der Waals surface area contributed by atoms with Gasteiger partial charge >= 0.3 is 6.18 Å². The number of hydrogen-bond acceptors (Lipinski definition) is 3. The minimum Gasteiger partial charge on any atom is -0.368 e. The quantitative estimate of drug-likeness (QED) is 0.701. The molecule has 3 rings (SSSR count). The van der Waals surface area contributed by atoms with Gasteiger partial charge in [-0.2, -0.15) is 13.2 Å². The van der Waals surface area contributed by atoms with Crippen molar-refractivity contribution in [3.05, 3.63) is 65.5 Å². The van der Waals surface area contributed by atoms with E-state index in [1.807, 2.05) is 0 Å². The van der Waals surface area contributed by atoms with E-state index in [0.717, 1.165) is 12.1 Å². The Balaban J connectivity index is 1.65. The topological polar surface area (TPSA) is 52.7 Å². The van der Waals surface area contributed by atoms with E-state index in [2.05, 4.69) is 5.32 Å². The molecule has 0 spiro atoms. The average molecular weight is 451 g/mol. The molecule has 2 amide bonds. The molecular weight excluding hydrogens is 426 g/mol. The maximum atomic E-state index is 13.9. The molecule has 1 N–H and O–H groups in total. The van der Waals surface area contributed by atoms with E-state index in [9.17, 15) is 27.2 Å². The SMILES string of the molecule is CC(C)C(NC(=O)c1ccccc1F)C(=O)N1CCN(c2cccc(C(F)(F)F)c2)CC1. The second kappa shape index (κ2) is 9.58. The summed E-state index contributed by atoms with van der Waals surface area (Å²) in [7, 11) is 0. The van der Waals surface area contributed by atoms with Gasteiger partial charge in [0.25, 0.3) is 5.91 Å². The summed E-state index contributed by atoms with van der Waals surface area (Å²) >= 11 is 0. The lowest BCUT2D eigenvalue weighted by molar-refractivity contribution is -0.137. The van der Waals surface area contributed by atoms with E-state index in [4.69, 9.17) is 0 Å². The van der Waals surface area contributed by atoms with Crippen LogP contribution in [-0.4, -0.2) is 48.9 Å². The third-order valence-corrected chi connectivity index (χ3v) is 5.47. The third-order valence-electron chi connectivity index (χ3n) is 5.47. The summed E-state index contributed by atoms with van der Waals surface area (Å²) in [5, 5.41) is 2.63. The molecule has 1 aliphatic heterocycles. The van der Waals surface area contributed by atoms with Crippen LogP contribution >= 0.6 is 0 Å². The normalized spacial score (nSPS) is 15.6. The van der Waals surface area contributed by atoms with Gasteiger partial charge in [-0.05, 0) is 36.2 Å². The zero-order valence-electron chi connectivity index (χ0n) is 17.8. The molecule has 0 radical (unpaired) electrons. The summed E-state index contributed by atoms with van der Waals surface area (Å²) in [6.07, 6.45) is -4.42. The van der Waals surface area contributed by atoms with Crippen molar-refractivity contribution in [2.24, 2.45) is 5.92 Å². The molecule has 0 aliphatic carbocycles. The number of piperazine rings is 1. The van der Waals surface area contributed by atoms with E-state index < -0.39 is 29.5 Å². The number of benzene rings is 2. The number of hydrogen-bond donors (Lipinski definition) is 1. The Morgan fingerprint density at radius 2 is 1.62 bits per heavy atom. The Labute approximate surface area is 184 Å². The highest BCUT2D eigenvalue weighted by atomic mass is 19.4. The van der Waals surface area contributed by atoms with Gasteiger partial charge in [-0.1, -0.05) is 32.0 Å². The zero-order chi connectivity index (χ0) is 23.5. The number of amides is 2. The highest BCUT2D eigenvalue weighted by molar-refractivity contribution is 5.97. The minimum atomic E-state index is -4.42. The molecule has 1 heterocycles. The first-order valence-electron chi connectivity index (χ1n) is 10.3. The number of alkyl halides is 3. The van der Waals surface area contributed by atoms with Crippen LogP contribution in [0.2, 0.25) is 0 Å². The van der Waals surface area contributed by atoms with Crippen molar-refractivity contribution in [2.45, 2.75) is 26.1 Å². The van der Waals surface area contributed by atoms with Gasteiger partial charge in [0.05, 0.1) is 11.1 Å². The van der Waals surface area contributed by atoms with Gasteiger partial charge in [0.1, 0.15) is 11.9 Å². The Kier molecular flexibility index (Phi) is 7.06. The van der Waals surface area contributed by atoms with E-state index >= 15 is 0 Å². The lowest BCUT2D eigenvalue weighted by Crippen LogP contribution is -2.56. The van der Waals surface area contributed by atoms with Crippen LogP contribution in [0.15, 0.2) is 48.5 Å². The number of carbonyl (C=O) groups excluding carboxylic acids is 2. The number of nitrogens with zero attached hydrogens (tertiary/aromatic N) is 2. The predicted octanol–water partition coefficient (Wildman–Crippen LogP) is 3.95. The van der Waals surface area contributed by atoms with Gasteiger partial charge in [0, 0.05) is 31.9 Å². The summed E-state index contributed by atoms with van der Waals surface area (Å²) in [6.45, 7) is 4.88. The molecule has 0 aromatic heterocycles. The fourth-order valence-electron chi connectivity index (χ4n) is 3.64.